The molecule has 0 saturated heterocycles. The van der Waals surface area contributed by atoms with E-state index < -0.39 is 0 Å². The van der Waals surface area contributed by atoms with Gasteiger partial charge in [-0.05, 0) is 35.4 Å². The normalized spacial score (nSPS) is 11.0. The lowest BCUT2D eigenvalue weighted by Gasteiger charge is -2.06. The van der Waals surface area contributed by atoms with Crippen LogP contribution in [-0.4, -0.2) is 17.1 Å². The molecule has 2 heterocycles. The largest absolute Gasteiger partial charge is 0.497 e. The second kappa shape index (κ2) is 7.78. The number of hydrogen-bond acceptors (Lipinski definition) is 5. The van der Waals surface area contributed by atoms with Crippen molar-refractivity contribution in [3.8, 4) is 16.9 Å². The van der Waals surface area contributed by atoms with E-state index in [1.807, 2.05) is 12.1 Å². The van der Waals surface area contributed by atoms with Gasteiger partial charge in [0, 0.05) is 21.2 Å². The SMILES string of the molecule is COc1ccc(-c2csc3ncnc(SCc4ccc(Br)cc4)c23)cc1. The molecule has 0 fully saturated rings. The van der Waals surface area contributed by atoms with E-state index in [9.17, 15) is 0 Å². The van der Waals surface area contributed by atoms with Crippen LogP contribution in [0.1, 0.15) is 5.56 Å². The summed E-state index contributed by atoms with van der Waals surface area (Å²) in [6, 6.07) is 16.5. The Bertz CT molecular complexity index is 1030. The molecule has 0 aliphatic rings. The zero-order valence-corrected chi connectivity index (χ0v) is 17.2. The molecule has 0 radical (unpaired) electrons. The first kappa shape index (κ1) is 17.5. The molecule has 0 amide bonds. The zero-order chi connectivity index (χ0) is 17.9. The predicted molar refractivity (Wildman–Crippen MR) is 113 cm³/mol. The lowest BCUT2D eigenvalue weighted by Crippen LogP contribution is -1.88. The Kier molecular flexibility index (Phi) is 5.24. The van der Waals surface area contributed by atoms with Gasteiger partial charge in [-0.1, -0.05) is 40.2 Å². The molecule has 0 atom stereocenters. The number of thiophene rings is 1. The maximum atomic E-state index is 5.26. The lowest BCUT2D eigenvalue weighted by atomic mass is 10.1. The fraction of sp³-hybridized carbons (Fsp3) is 0.100. The first-order valence-electron chi connectivity index (χ1n) is 7.98. The fourth-order valence-corrected chi connectivity index (χ4v) is 4.89. The van der Waals surface area contributed by atoms with E-state index in [-0.39, 0.29) is 0 Å². The van der Waals surface area contributed by atoms with Crippen LogP contribution in [0.2, 0.25) is 0 Å². The molecule has 6 heteroatoms. The highest BCUT2D eigenvalue weighted by molar-refractivity contribution is 9.10. The summed E-state index contributed by atoms with van der Waals surface area (Å²) in [5, 5.41) is 4.31. The Hall–Kier alpha value is -1.89. The van der Waals surface area contributed by atoms with Crippen LogP contribution in [0, 0.1) is 0 Å². The summed E-state index contributed by atoms with van der Waals surface area (Å²) in [7, 11) is 1.68. The van der Waals surface area contributed by atoms with Crippen molar-refractivity contribution in [2.45, 2.75) is 10.8 Å². The van der Waals surface area contributed by atoms with E-state index in [1.54, 1.807) is 36.5 Å². The van der Waals surface area contributed by atoms with Crippen molar-refractivity contribution in [1.29, 1.82) is 0 Å². The van der Waals surface area contributed by atoms with Gasteiger partial charge in [0.05, 0.1) is 12.5 Å². The Balaban J connectivity index is 1.68. The van der Waals surface area contributed by atoms with Crippen molar-refractivity contribution in [2.75, 3.05) is 7.11 Å². The highest BCUT2D eigenvalue weighted by atomic mass is 79.9. The summed E-state index contributed by atoms with van der Waals surface area (Å²) in [6.07, 6.45) is 1.65. The van der Waals surface area contributed by atoms with Crippen LogP contribution >= 0.6 is 39.0 Å². The van der Waals surface area contributed by atoms with Gasteiger partial charge in [-0.25, -0.2) is 9.97 Å². The van der Waals surface area contributed by atoms with Crippen molar-refractivity contribution in [1.82, 2.24) is 9.97 Å². The smallest absolute Gasteiger partial charge is 0.128 e. The third-order valence-electron chi connectivity index (χ3n) is 4.03. The molecule has 2 aromatic heterocycles. The summed E-state index contributed by atoms with van der Waals surface area (Å²) in [4.78, 5) is 10.0. The van der Waals surface area contributed by atoms with Gasteiger partial charge >= 0.3 is 0 Å². The lowest BCUT2D eigenvalue weighted by molar-refractivity contribution is 0.415. The molecule has 3 nitrogen and oxygen atoms in total. The second-order valence-electron chi connectivity index (χ2n) is 5.65. The summed E-state index contributed by atoms with van der Waals surface area (Å²) in [5.41, 5.74) is 3.59. The minimum absolute atomic E-state index is 0.856. The molecule has 0 saturated carbocycles. The van der Waals surface area contributed by atoms with Gasteiger partial charge in [0.25, 0.3) is 0 Å². The molecule has 0 unspecified atom stereocenters. The molecule has 0 spiro atoms. The van der Waals surface area contributed by atoms with Gasteiger partial charge in [0.15, 0.2) is 0 Å². The van der Waals surface area contributed by atoms with Crippen LogP contribution in [0.15, 0.2) is 69.7 Å². The van der Waals surface area contributed by atoms with Crippen molar-refractivity contribution < 1.29 is 4.74 Å². The number of methoxy groups -OCH3 is 1. The maximum absolute atomic E-state index is 5.26. The fourth-order valence-electron chi connectivity index (χ4n) is 2.67. The minimum Gasteiger partial charge on any atom is -0.497 e. The molecular formula is C20H15BrN2OS2. The van der Waals surface area contributed by atoms with Crippen molar-refractivity contribution >= 4 is 49.2 Å². The number of fused-ring (bicyclic) bond motifs is 1. The molecule has 26 heavy (non-hydrogen) atoms. The predicted octanol–water partition coefficient (Wildman–Crippen LogP) is 6.42. The molecule has 0 bridgehead atoms. The van der Waals surface area contributed by atoms with Gasteiger partial charge in [-0.3, -0.25) is 0 Å². The van der Waals surface area contributed by atoms with E-state index in [2.05, 4.69) is 67.7 Å². The van der Waals surface area contributed by atoms with E-state index >= 15 is 0 Å². The summed E-state index contributed by atoms with van der Waals surface area (Å²) in [5.74, 6) is 1.73. The van der Waals surface area contributed by atoms with Crippen molar-refractivity contribution in [2.24, 2.45) is 0 Å². The number of aromatic nitrogens is 2. The molecule has 4 aromatic rings. The topological polar surface area (TPSA) is 35.0 Å². The maximum Gasteiger partial charge on any atom is 0.128 e. The average molecular weight is 443 g/mol. The Morgan fingerprint density at radius 2 is 1.81 bits per heavy atom. The van der Waals surface area contributed by atoms with Gasteiger partial charge in [0.2, 0.25) is 0 Å². The Morgan fingerprint density at radius 3 is 2.54 bits per heavy atom. The van der Waals surface area contributed by atoms with Gasteiger partial charge in [-0.15, -0.1) is 23.1 Å². The second-order valence-corrected chi connectivity index (χ2v) is 8.39. The highest BCUT2D eigenvalue weighted by Gasteiger charge is 2.13. The minimum atomic E-state index is 0.856. The quantitative estimate of drug-likeness (QED) is 0.263. The Labute approximate surface area is 168 Å². The van der Waals surface area contributed by atoms with Crippen LogP contribution in [0.4, 0.5) is 0 Å². The number of hydrogen-bond donors (Lipinski definition) is 0. The Morgan fingerprint density at radius 1 is 1.04 bits per heavy atom. The molecule has 130 valence electrons. The summed E-state index contributed by atoms with van der Waals surface area (Å²) >= 11 is 6.88. The van der Waals surface area contributed by atoms with Crippen LogP contribution in [0.3, 0.4) is 0 Å². The molecule has 0 N–H and O–H groups in total. The summed E-state index contributed by atoms with van der Waals surface area (Å²) in [6.45, 7) is 0. The molecule has 2 aromatic carbocycles. The number of benzene rings is 2. The molecular weight excluding hydrogens is 428 g/mol. The van der Waals surface area contributed by atoms with Gasteiger partial charge in [-0.2, -0.15) is 0 Å². The van der Waals surface area contributed by atoms with E-state index in [4.69, 9.17) is 4.74 Å². The van der Waals surface area contributed by atoms with Crippen LogP contribution in [-0.2, 0) is 5.75 Å². The standard InChI is InChI=1S/C20H15BrN2OS2/c1-24-16-8-4-14(5-9-16)17-11-26-20-18(17)19(22-12-23-20)25-10-13-2-6-15(21)7-3-13/h2-9,11-12H,10H2,1H3. The van der Waals surface area contributed by atoms with Gasteiger partial charge in [0.1, 0.15) is 21.9 Å². The highest BCUT2D eigenvalue weighted by Crippen LogP contribution is 2.39. The van der Waals surface area contributed by atoms with Gasteiger partial charge < -0.3 is 4.74 Å². The third-order valence-corrected chi connectivity index (χ3v) is 6.50. The molecule has 4 rings (SSSR count). The number of rotatable bonds is 5. The first-order valence-corrected chi connectivity index (χ1v) is 10.6. The van der Waals surface area contributed by atoms with Crippen molar-refractivity contribution in [3.05, 3.63) is 70.3 Å². The number of thioether (sulfide) groups is 1. The van der Waals surface area contributed by atoms with Crippen LogP contribution in [0.5, 0.6) is 5.75 Å². The average Bonchev–Trinajstić information content (AvgIpc) is 3.12. The van der Waals surface area contributed by atoms with Crippen LogP contribution in [0.25, 0.3) is 21.3 Å². The van der Waals surface area contributed by atoms with E-state index in [0.717, 1.165) is 36.8 Å². The number of halogens is 1. The summed E-state index contributed by atoms with van der Waals surface area (Å²) < 4.78 is 6.36. The molecule has 0 aliphatic heterocycles. The molecule has 0 aliphatic carbocycles. The number of nitrogens with zero attached hydrogens (tertiary/aromatic N) is 2. The van der Waals surface area contributed by atoms with E-state index in [1.165, 1.54) is 11.1 Å². The van der Waals surface area contributed by atoms with Crippen molar-refractivity contribution in [3.63, 3.8) is 0 Å². The van der Waals surface area contributed by atoms with Crippen LogP contribution < -0.4 is 4.74 Å². The monoisotopic (exact) mass is 442 g/mol. The zero-order valence-electron chi connectivity index (χ0n) is 14.0. The first-order chi connectivity index (χ1) is 12.7. The van der Waals surface area contributed by atoms with E-state index in [0.29, 0.717) is 0 Å². The third kappa shape index (κ3) is 3.63. The number of ether oxygens (including phenoxy) is 1.